The molecule has 1 aromatic heterocycles. The van der Waals surface area contributed by atoms with Gasteiger partial charge in [-0.2, -0.15) is 0 Å². The lowest BCUT2D eigenvalue weighted by molar-refractivity contribution is 0.0962. The van der Waals surface area contributed by atoms with Crippen LogP contribution >= 0.6 is 11.3 Å². The first-order chi connectivity index (χ1) is 7.13. The number of rotatable bonds is 6. The molecule has 0 saturated heterocycles. The van der Waals surface area contributed by atoms with Gasteiger partial charge in [-0.1, -0.05) is 0 Å². The highest BCUT2D eigenvalue weighted by Gasteiger charge is 2.13. The molecule has 0 radical (unpaired) electrons. The third kappa shape index (κ3) is 4.07. The molecule has 15 heavy (non-hydrogen) atoms. The Bertz CT molecular complexity index is 325. The third-order valence-corrected chi connectivity index (χ3v) is 2.82. The Morgan fingerprint density at radius 3 is 3.00 bits per heavy atom. The summed E-state index contributed by atoms with van der Waals surface area (Å²) in [6.45, 7) is 2.47. The van der Waals surface area contributed by atoms with Gasteiger partial charge in [-0.25, -0.2) is 4.98 Å². The van der Waals surface area contributed by atoms with Gasteiger partial charge in [0.2, 0.25) is 0 Å². The number of methoxy groups -OCH3 is 1. The van der Waals surface area contributed by atoms with Crippen LogP contribution in [-0.4, -0.2) is 30.5 Å². The lowest BCUT2D eigenvalue weighted by Gasteiger charge is -2.08. The van der Waals surface area contributed by atoms with Gasteiger partial charge in [0.05, 0.1) is 5.01 Å². The lowest BCUT2D eigenvalue weighted by atomic mass is 10.1. The molecule has 1 rings (SSSR count). The van der Waals surface area contributed by atoms with Crippen molar-refractivity contribution in [1.82, 2.24) is 4.98 Å². The zero-order valence-electron chi connectivity index (χ0n) is 9.03. The van der Waals surface area contributed by atoms with Gasteiger partial charge in [-0.15, -0.1) is 11.3 Å². The first-order valence-electron chi connectivity index (χ1n) is 4.83. The van der Waals surface area contributed by atoms with E-state index < -0.39 is 0 Å². The molecule has 5 heteroatoms. The van der Waals surface area contributed by atoms with Gasteiger partial charge >= 0.3 is 0 Å². The largest absolute Gasteiger partial charge is 0.385 e. The summed E-state index contributed by atoms with van der Waals surface area (Å²) in [5.41, 5.74) is 6.31. The summed E-state index contributed by atoms with van der Waals surface area (Å²) in [4.78, 5) is 15.8. The molecule has 84 valence electrons. The van der Waals surface area contributed by atoms with E-state index in [4.69, 9.17) is 10.5 Å². The molecule has 0 saturated carbocycles. The third-order valence-electron chi connectivity index (χ3n) is 2.05. The minimum absolute atomic E-state index is 0.0166. The monoisotopic (exact) mass is 228 g/mol. The Kier molecular flexibility index (Phi) is 4.87. The minimum atomic E-state index is -0.139. The molecule has 0 amide bonds. The minimum Gasteiger partial charge on any atom is -0.385 e. The number of ketones is 1. The molecule has 2 N–H and O–H groups in total. The first kappa shape index (κ1) is 12.3. The van der Waals surface area contributed by atoms with Crippen molar-refractivity contribution >= 4 is 17.1 Å². The second kappa shape index (κ2) is 5.95. The molecule has 0 spiro atoms. The highest BCUT2D eigenvalue weighted by Crippen LogP contribution is 2.11. The van der Waals surface area contributed by atoms with Gasteiger partial charge in [-0.3, -0.25) is 4.79 Å². The predicted octanol–water partition coefficient (Wildman–Crippen LogP) is 1.39. The van der Waals surface area contributed by atoms with Gasteiger partial charge in [0.25, 0.3) is 0 Å². The molecular formula is C10H16N2O2S. The van der Waals surface area contributed by atoms with Crippen LogP contribution in [0.3, 0.4) is 0 Å². The molecule has 0 aromatic carbocycles. The average molecular weight is 228 g/mol. The maximum Gasteiger partial charge on any atom is 0.183 e. The molecule has 1 heterocycles. The number of carbonyl (C=O) groups excluding carboxylic acids is 1. The van der Waals surface area contributed by atoms with Crippen molar-refractivity contribution in [2.24, 2.45) is 5.73 Å². The van der Waals surface area contributed by atoms with Crippen LogP contribution in [0.4, 0.5) is 0 Å². The molecule has 0 aliphatic heterocycles. The fraction of sp³-hybridized carbons (Fsp3) is 0.600. The maximum atomic E-state index is 11.7. The molecule has 1 unspecified atom stereocenters. The van der Waals surface area contributed by atoms with Crippen LogP contribution in [-0.2, 0) is 4.74 Å². The van der Waals surface area contributed by atoms with Gasteiger partial charge in [0, 0.05) is 31.6 Å². The lowest BCUT2D eigenvalue weighted by Crippen LogP contribution is -2.25. The number of nitrogens with zero attached hydrogens (tertiary/aromatic N) is 1. The standard InChI is InChI=1S/C10H16N2O2S/c1-7-12-9(6-15-7)10(13)5-8(11)3-4-14-2/h6,8H,3-5,11H2,1-2H3. The topological polar surface area (TPSA) is 65.2 Å². The zero-order chi connectivity index (χ0) is 11.3. The van der Waals surface area contributed by atoms with Crippen molar-refractivity contribution < 1.29 is 9.53 Å². The number of thiazole rings is 1. The second-order valence-electron chi connectivity index (χ2n) is 3.42. The van der Waals surface area contributed by atoms with Crippen LogP contribution in [0.5, 0.6) is 0 Å². The smallest absolute Gasteiger partial charge is 0.183 e. The number of ether oxygens (including phenoxy) is 1. The van der Waals surface area contributed by atoms with Gasteiger partial charge in [0.15, 0.2) is 5.78 Å². The normalized spacial score (nSPS) is 12.7. The molecule has 0 aliphatic carbocycles. The van der Waals surface area contributed by atoms with Crippen LogP contribution in [0.1, 0.15) is 28.3 Å². The molecule has 0 fully saturated rings. The fourth-order valence-corrected chi connectivity index (χ4v) is 1.82. The second-order valence-corrected chi connectivity index (χ2v) is 4.48. The maximum absolute atomic E-state index is 11.7. The fourth-order valence-electron chi connectivity index (χ4n) is 1.21. The van der Waals surface area contributed by atoms with Crippen molar-refractivity contribution in [2.75, 3.05) is 13.7 Å². The van der Waals surface area contributed by atoms with Crippen molar-refractivity contribution in [3.8, 4) is 0 Å². The summed E-state index contributed by atoms with van der Waals surface area (Å²) in [5.74, 6) is 0.0166. The Morgan fingerprint density at radius 2 is 2.47 bits per heavy atom. The van der Waals surface area contributed by atoms with E-state index in [-0.39, 0.29) is 11.8 Å². The van der Waals surface area contributed by atoms with E-state index in [1.165, 1.54) is 11.3 Å². The summed E-state index contributed by atoms with van der Waals surface area (Å²) in [6, 6.07) is -0.139. The Morgan fingerprint density at radius 1 is 1.73 bits per heavy atom. The molecule has 0 aliphatic rings. The van der Waals surface area contributed by atoms with E-state index in [1.807, 2.05) is 6.92 Å². The highest BCUT2D eigenvalue weighted by atomic mass is 32.1. The Hall–Kier alpha value is -0.780. The van der Waals surface area contributed by atoms with Crippen molar-refractivity contribution in [3.05, 3.63) is 16.1 Å². The average Bonchev–Trinajstić information content (AvgIpc) is 2.61. The van der Waals surface area contributed by atoms with Crippen LogP contribution in [0.15, 0.2) is 5.38 Å². The molecule has 1 aromatic rings. The summed E-state index contributed by atoms with van der Waals surface area (Å²) in [6.07, 6.45) is 1.04. The number of carbonyl (C=O) groups is 1. The number of aryl methyl sites for hydroxylation is 1. The number of hydrogen-bond donors (Lipinski definition) is 1. The number of Topliss-reactive ketones (excluding diaryl/α,β-unsaturated/α-hetero) is 1. The van der Waals surface area contributed by atoms with Crippen LogP contribution in [0.2, 0.25) is 0 Å². The molecule has 0 bridgehead atoms. The van der Waals surface area contributed by atoms with E-state index in [2.05, 4.69) is 4.98 Å². The predicted molar refractivity (Wildman–Crippen MR) is 60.3 cm³/mol. The molecule has 1 atom stereocenters. The number of hydrogen-bond acceptors (Lipinski definition) is 5. The van der Waals surface area contributed by atoms with Gasteiger partial charge in [0.1, 0.15) is 5.69 Å². The van der Waals surface area contributed by atoms with Crippen molar-refractivity contribution in [3.63, 3.8) is 0 Å². The Balaban J connectivity index is 2.42. The van der Waals surface area contributed by atoms with Crippen molar-refractivity contribution in [2.45, 2.75) is 25.8 Å². The van der Waals surface area contributed by atoms with Gasteiger partial charge < -0.3 is 10.5 Å². The van der Waals surface area contributed by atoms with E-state index in [0.717, 1.165) is 5.01 Å². The van der Waals surface area contributed by atoms with Gasteiger partial charge in [-0.05, 0) is 13.3 Å². The van der Waals surface area contributed by atoms with Crippen LogP contribution in [0, 0.1) is 6.92 Å². The summed E-state index contributed by atoms with van der Waals surface area (Å²) in [7, 11) is 1.62. The van der Waals surface area contributed by atoms with Crippen molar-refractivity contribution in [1.29, 1.82) is 0 Å². The van der Waals surface area contributed by atoms with E-state index in [9.17, 15) is 4.79 Å². The highest BCUT2D eigenvalue weighted by molar-refractivity contribution is 7.09. The number of nitrogens with two attached hydrogens (primary N) is 1. The SMILES string of the molecule is COCCC(N)CC(=O)c1csc(C)n1. The van der Waals surface area contributed by atoms with Crippen LogP contribution < -0.4 is 5.73 Å². The molecular weight excluding hydrogens is 212 g/mol. The molecule has 4 nitrogen and oxygen atoms in total. The summed E-state index contributed by atoms with van der Waals surface area (Å²) >= 11 is 1.48. The van der Waals surface area contributed by atoms with E-state index in [1.54, 1.807) is 12.5 Å². The van der Waals surface area contributed by atoms with Crippen LogP contribution in [0.25, 0.3) is 0 Å². The first-order valence-corrected chi connectivity index (χ1v) is 5.71. The Labute approximate surface area is 93.5 Å². The van der Waals surface area contributed by atoms with E-state index >= 15 is 0 Å². The van der Waals surface area contributed by atoms with E-state index in [0.29, 0.717) is 25.1 Å². The quantitative estimate of drug-likeness (QED) is 0.747. The number of aromatic nitrogens is 1. The zero-order valence-corrected chi connectivity index (χ0v) is 9.84. The summed E-state index contributed by atoms with van der Waals surface area (Å²) < 4.78 is 4.90. The summed E-state index contributed by atoms with van der Waals surface area (Å²) in [5, 5.41) is 2.68.